The summed E-state index contributed by atoms with van der Waals surface area (Å²) in [5, 5.41) is 9.28. The Morgan fingerprint density at radius 1 is 1.25 bits per heavy atom. The zero-order valence-corrected chi connectivity index (χ0v) is 11.7. The van der Waals surface area contributed by atoms with Crippen LogP contribution in [0.1, 0.15) is 17.0 Å². The van der Waals surface area contributed by atoms with Gasteiger partial charge < -0.3 is 0 Å². The van der Waals surface area contributed by atoms with Crippen LogP contribution in [0.25, 0.3) is 16.7 Å². The number of imidazole rings is 1. The van der Waals surface area contributed by atoms with E-state index in [2.05, 4.69) is 11.1 Å². The molecule has 20 heavy (non-hydrogen) atoms. The second-order valence-electron chi connectivity index (χ2n) is 4.62. The predicted molar refractivity (Wildman–Crippen MR) is 80.1 cm³/mol. The summed E-state index contributed by atoms with van der Waals surface area (Å²) in [5.41, 5.74) is 4.44. The Bertz CT molecular complexity index is 827. The first-order chi connectivity index (χ1) is 9.74. The minimum absolute atomic E-state index is 0.299. The van der Waals surface area contributed by atoms with Gasteiger partial charge in [-0.2, -0.15) is 5.26 Å². The van der Waals surface area contributed by atoms with Gasteiger partial charge >= 0.3 is 0 Å². The third kappa shape index (κ3) is 1.95. The van der Waals surface area contributed by atoms with Crippen molar-refractivity contribution < 1.29 is 0 Å². The molecule has 3 aromatic rings. The highest BCUT2D eigenvalue weighted by atomic mass is 35.5. The number of fused-ring (bicyclic) bond motifs is 1. The standard InChI is InChI=1S/C16H12ClN3/c1-11-6-7-15-13(8-11)19-16(9-17)20(15)14-5-3-2-4-12(14)10-18/h2-8H,9H2,1H3. The number of hydrogen-bond acceptors (Lipinski definition) is 2. The molecule has 0 aliphatic rings. The molecule has 1 aromatic heterocycles. The van der Waals surface area contributed by atoms with Crippen molar-refractivity contribution in [1.82, 2.24) is 9.55 Å². The number of benzene rings is 2. The Morgan fingerprint density at radius 3 is 2.80 bits per heavy atom. The maximum absolute atomic E-state index is 9.28. The molecule has 0 saturated carbocycles. The quantitative estimate of drug-likeness (QED) is 0.668. The highest BCUT2D eigenvalue weighted by Crippen LogP contribution is 2.25. The average Bonchev–Trinajstić information content (AvgIpc) is 2.84. The number of para-hydroxylation sites is 1. The second-order valence-corrected chi connectivity index (χ2v) is 4.89. The summed E-state index contributed by atoms with van der Waals surface area (Å²) in [6.07, 6.45) is 0. The van der Waals surface area contributed by atoms with Gasteiger partial charge in [0.1, 0.15) is 11.9 Å². The largest absolute Gasteiger partial charge is 0.294 e. The van der Waals surface area contributed by atoms with E-state index in [4.69, 9.17) is 11.6 Å². The SMILES string of the molecule is Cc1ccc2c(c1)nc(CCl)n2-c1ccccc1C#N. The van der Waals surface area contributed by atoms with Gasteiger partial charge in [-0.25, -0.2) is 4.98 Å². The topological polar surface area (TPSA) is 41.6 Å². The Kier molecular flexibility index (Phi) is 3.17. The maximum Gasteiger partial charge on any atom is 0.129 e. The van der Waals surface area contributed by atoms with Crippen molar-refractivity contribution in [3.8, 4) is 11.8 Å². The van der Waals surface area contributed by atoms with Crippen LogP contribution >= 0.6 is 11.6 Å². The van der Waals surface area contributed by atoms with Crippen LogP contribution in [0.5, 0.6) is 0 Å². The Labute approximate surface area is 122 Å². The van der Waals surface area contributed by atoms with E-state index in [1.807, 2.05) is 47.9 Å². The number of halogens is 1. The summed E-state index contributed by atoms with van der Waals surface area (Å²) in [6.45, 7) is 2.03. The van der Waals surface area contributed by atoms with E-state index < -0.39 is 0 Å². The van der Waals surface area contributed by atoms with E-state index in [0.29, 0.717) is 11.4 Å². The summed E-state index contributed by atoms with van der Waals surface area (Å²) < 4.78 is 1.96. The van der Waals surface area contributed by atoms with Crippen LogP contribution in [0.15, 0.2) is 42.5 Å². The highest BCUT2D eigenvalue weighted by Gasteiger charge is 2.14. The molecule has 0 radical (unpaired) electrons. The van der Waals surface area contributed by atoms with E-state index in [0.717, 1.165) is 28.1 Å². The monoisotopic (exact) mass is 281 g/mol. The number of nitriles is 1. The van der Waals surface area contributed by atoms with E-state index in [-0.39, 0.29) is 0 Å². The lowest BCUT2D eigenvalue weighted by Gasteiger charge is -2.09. The third-order valence-corrected chi connectivity index (χ3v) is 3.50. The van der Waals surface area contributed by atoms with Gasteiger partial charge in [-0.15, -0.1) is 11.6 Å². The molecule has 0 bridgehead atoms. The molecule has 3 rings (SSSR count). The Hall–Kier alpha value is -2.31. The lowest BCUT2D eigenvalue weighted by Crippen LogP contribution is -2.01. The summed E-state index contributed by atoms with van der Waals surface area (Å²) in [5.74, 6) is 1.04. The first-order valence-corrected chi connectivity index (χ1v) is 6.81. The molecule has 3 nitrogen and oxygen atoms in total. The number of aryl methyl sites for hydroxylation is 1. The number of hydrogen-bond donors (Lipinski definition) is 0. The molecule has 0 spiro atoms. The van der Waals surface area contributed by atoms with Gasteiger partial charge in [-0.05, 0) is 36.8 Å². The van der Waals surface area contributed by atoms with Crippen LogP contribution in [0.2, 0.25) is 0 Å². The van der Waals surface area contributed by atoms with Crippen LogP contribution in [0, 0.1) is 18.3 Å². The second kappa shape index (κ2) is 4.99. The van der Waals surface area contributed by atoms with E-state index in [9.17, 15) is 5.26 Å². The first kappa shape index (κ1) is 12.7. The molecule has 98 valence electrons. The fourth-order valence-electron chi connectivity index (χ4n) is 2.36. The van der Waals surface area contributed by atoms with Gasteiger partial charge in [0.25, 0.3) is 0 Å². The maximum atomic E-state index is 9.28. The van der Waals surface area contributed by atoms with Gasteiger partial charge in [0, 0.05) is 0 Å². The Morgan fingerprint density at radius 2 is 2.05 bits per heavy atom. The number of rotatable bonds is 2. The summed E-state index contributed by atoms with van der Waals surface area (Å²) in [7, 11) is 0. The van der Waals surface area contributed by atoms with E-state index in [1.165, 1.54) is 0 Å². The highest BCUT2D eigenvalue weighted by molar-refractivity contribution is 6.17. The summed E-state index contributed by atoms with van der Waals surface area (Å²) in [4.78, 5) is 4.57. The minimum Gasteiger partial charge on any atom is -0.294 e. The molecule has 2 aromatic carbocycles. The molecule has 0 fully saturated rings. The van der Waals surface area contributed by atoms with E-state index in [1.54, 1.807) is 6.07 Å². The number of aromatic nitrogens is 2. The zero-order valence-electron chi connectivity index (χ0n) is 11.0. The molecule has 1 heterocycles. The summed E-state index contributed by atoms with van der Waals surface area (Å²) >= 11 is 6.02. The average molecular weight is 282 g/mol. The van der Waals surface area contributed by atoms with Crippen molar-refractivity contribution in [3.63, 3.8) is 0 Å². The van der Waals surface area contributed by atoms with Gasteiger partial charge in [-0.3, -0.25) is 4.57 Å². The van der Waals surface area contributed by atoms with Crippen molar-refractivity contribution in [2.45, 2.75) is 12.8 Å². The molecule has 0 aliphatic heterocycles. The fraction of sp³-hybridized carbons (Fsp3) is 0.125. The molecule has 0 amide bonds. The molecule has 0 unspecified atom stereocenters. The van der Waals surface area contributed by atoms with Crippen molar-refractivity contribution in [2.75, 3.05) is 0 Å². The minimum atomic E-state index is 0.299. The van der Waals surface area contributed by atoms with Crippen molar-refractivity contribution in [1.29, 1.82) is 5.26 Å². The van der Waals surface area contributed by atoms with Gasteiger partial charge in [0.15, 0.2) is 0 Å². The third-order valence-electron chi connectivity index (χ3n) is 3.26. The fourth-order valence-corrected chi connectivity index (χ4v) is 2.54. The van der Waals surface area contributed by atoms with Crippen LogP contribution in [0.3, 0.4) is 0 Å². The van der Waals surface area contributed by atoms with Gasteiger partial charge in [0.05, 0.1) is 28.2 Å². The molecule has 0 atom stereocenters. The predicted octanol–water partition coefficient (Wildman–Crippen LogP) is 3.94. The normalized spacial score (nSPS) is 10.7. The molecule has 0 N–H and O–H groups in total. The Balaban J connectivity index is 2.38. The van der Waals surface area contributed by atoms with Gasteiger partial charge in [-0.1, -0.05) is 18.2 Å². The van der Waals surface area contributed by atoms with Crippen molar-refractivity contribution >= 4 is 22.6 Å². The van der Waals surface area contributed by atoms with Gasteiger partial charge in [0.2, 0.25) is 0 Å². The smallest absolute Gasteiger partial charge is 0.129 e. The van der Waals surface area contributed by atoms with Crippen LogP contribution in [-0.4, -0.2) is 9.55 Å². The molecule has 4 heteroatoms. The molecule has 0 aliphatic carbocycles. The first-order valence-electron chi connectivity index (χ1n) is 6.28. The molecule has 0 saturated heterocycles. The lowest BCUT2D eigenvalue weighted by molar-refractivity contribution is 0.978. The number of nitrogens with zero attached hydrogens (tertiary/aromatic N) is 3. The van der Waals surface area contributed by atoms with Crippen LogP contribution in [-0.2, 0) is 5.88 Å². The van der Waals surface area contributed by atoms with E-state index >= 15 is 0 Å². The van der Waals surface area contributed by atoms with Crippen molar-refractivity contribution in [2.24, 2.45) is 0 Å². The molecular formula is C16H12ClN3. The van der Waals surface area contributed by atoms with Crippen LogP contribution in [0.4, 0.5) is 0 Å². The molecular weight excluding hydrogens is 270 g/mol. The zero-order chi connectivity index (χ0) is 14.1. The number of alkyl halides is 1. The van der Waals surface area contributed by atoms with Crippen LogP contribution < -0.4 is 0 Å². The lowest BCUT2D eigenvalue weighted by atomic mass is 10.1. The van der Waals surface area contributed by atoms with Crippen molar-refractivity contribution in [3.05, 3.63) is 59.4 Å². The summed E-state index contributed by atoms with van der Waals surface area (Å²) in [6, 6.07) is 15.8.